The Morgan fingerprint density at radius 1 is 1.17 bits per heavy atom. The lowest BCUT2D eigenvalue weighted by atomic mass is 9.92. The third-order valence-electron chi connectivity index (χ3n) is 5.23. The fourth-order valence-corrected chi connectivity index (χ4v) is 4.75. The van der Waals surface area contributed by atoms with Crippen LogP contribution in [-0.4, -0.2) is 21.6 Å². The number of benzene rings is 2. The predicted molar refractivity (Wildman–Crippen MR) is 115 cm³/mol. The number of carbonyl (C=O) groups is 2. The third-order valence-corrected chi connectivity index (χ3v) is 6.22. The van der Waals surface area contributed by atoms with Crippen LogP contribution < -0.4 is 10.6 Å². The van der Waals surface area contributed by atoms with Crippen molar-refractivity contribution in [2.45, 2.75) is 12.3 Å². The fourth-order valence-electron chi connectivity index (χ4n) is 3.91. The van der Waals surface area contributed by atoms with Crippen molar-refractivity contribution in [2.75, 3.05) is 10.6 Å². The minimum absolute atomic E-state index is 0.0502. The lowest BCUT2D eigenvalue weighted by Gasteiger charge is -2.23. The molecule has 0 radical (unpaired) electrons. The normalized spacial score (nSPS) is 15.8. The quantitative estimate of drug-likeness (QED) is 0.535. The van der Waals surface area contributed by atoms with E-state index in [-0.39, 0.29) is 17.7 Å². The summed E-state index contributed by atoms with van der Waals surface area (Å²) in [6.07, 6.45) is 0.330. The molecule has 0 saturated heterocycles. The zero-order chi connectivity index (χ0) is 20.0. The minimum Gasteiger partial charge on any atom is -0.311 e. The van der Waals surface area contributed by atoms with Gasteiger partial charge in [0.1, 0.15) is 5.82 Å². The molecule has 144 valence electrons. The van der Waals surface area contributed by atoms with Gasteiger partial charge in [-0.2, -0.15) is 5.10 Å². The lowest BCUT2D eigenvalue weighted by Crippen LogP contribution is -2.24. The molecule has 0 saturated carbocycles. The molecular formula is C22H18N4O2S. The first-order valence-corrected chi connectivity index (χ1v) is 10.2. The first kappa shape index (κ1) is 17.6. The summed E-state index contributed by atoms with van der Waals surface area (Å²) in [6, 6.07) is 17.4. The number of nitrogens with one attached hydrogen (secondary N) is 2. The van der Waals surface area contributed by atoms with Crippen LogP contribution in [0.5, 0.6) is 0 Å². The van der Waals surface area contributed by atoms with Crippen LogP contribution in [0, 0.1) is 0 Å². The molecule has 7 heteroatoms. The van der Waals surface area contributed by atoms with E-state index in [1.54, 1.807) is 23.1 Å². The summed E-state index contributed by atoms with van der Waals surface area (Å²) < 4.78 is 1.62. The van der Waals surface area contributed by atoms with Crippen LogP contribution in [0.2, 0.25) is 0 Å². The Balaban J connectivity index is 1.57. The van der Waals surface area contributed by atoms with Crippen molar-refractivity contribution in [3.63, 3.8) is 0 Å². The number of nitrogens with zero attached hydrogens (tertiary/aromatic N) is 2. The number of fused-ring (bicyclic) bond motifs is 2. The maximum atomic E-state index is 13.1. The van der Waals surface area contributed by atoms with Gasteiger partial charge >= 0.3 is 0 Å². The zero-order valence-corrected chi connectivity index (χ0v) is 16.5. The van der Waals surface area contributed by atoms with Gasteiger partial charge < -0.3 is 10.6 Å². The van der Waals surface area contributed by atoms with Gasteiger partial charge in [-0.3, -0.25) is 14.3 Å². The van der Waals surface area contributed by atoms with Gasteiger partial charge in [-0.25, -0.2) is 0 Å². The molecule has 3 heterocycles. The maximum Gasteiger partial charge on any atom is 0.257 e. The number of hydrogen-bond donors (Lipinski definition) is 2. The largest absolute Gasteiger partial charge is 0.311 e. The van der Waals surface area contributed by atoms with E-state index in [1.165, 1.54) is 0 Å². The Labute approximate surface area is 171 Å². The Morgan fingerprint density at radius 3 is 2.83 bits per heavy atom. The average molecular weight is 402 g/mol. The van der Waals surface area contributed by atoms with Crippen LogP contribution in [0.1, 0.15) is 33.1 Å². The van der Waals surface area contributed by atoms with Gasteiger partial charge in [0, 0.05) is 35.4 Å². The van der Waals surface area contributed by atoms with Crippen LogP contribution in [0.15, 0.2) is 60.0 Å². The average Bonchev–Trinajstić information content (AvgIpc) is 3.36. The third kappa shape index (κ3) is 3.00. The number of aryl methyl sites for hydroxylation is 1. The number of hydrogen-bond acceptors (Lipinski definition) is 4. The molecular weight excluding hydrogens is 384 g/mol. The second-order valence-corrected chi connectivity index (χ2v) is 8.01. The van der Waals surface area contributed by atoms with Gasteiger partial charge in [0.05, 0.1) is 0 Å². The van der Waals surface area contributed by atoms with Gasteiger partial charge in [-0.1, -0.05) is 42.5 Å². The summed E-state index contributed by atoms with van der Waals surface area (Å²) in [5.74, 6) is 0.720. The summed E-state index contributed by atoms with van der Waals surface area (Å²) >= 11 is 1.60. The molecule has 1 aliphatic heterocycles. The van der Waals surface area contributed by atoms with Crippen LogP contribution in [-0.2, 0) is 11.8 Å². The van der Waals surface area contributed by atoms with Crippen molar-refractivity contribution in [3.8, 4) is 0 Å². The minimum atomic E-state index is -0.218. The van der Waals surface area contributed by atoms with Crippen molar-refractivity contribution >= 4 is 45.6 Å². The molecule has 2 aromatic carbocycles. The predicted octanol–water partition coefficient (Wildman–Crippen LogP) is 4.36. The zero-order valence-electron chi connectivity index (χ0n) is 15.7. The molecule has 1 atom stereocenters. The van der Waals surface area contributed by atoms with Gasteiger partial charge in [-0.05, 0) is 28.3 Å². The Kier molecular flexibility index (Phi) is 4.17. The summed E-state index contributed by atoms with van der Waals surface area (Å²) in [5, 5.41) is 14.3. The second kappa shape index (κ2) is 6.86. The first-order valence-electron chi connectivity index (χ1n) is 9.31. The smallest absolute Gasteiger partial charge is 0.257 e. The number of rotatable bonds is 3. The van der Waals surface area contributed by atoms with Gasteiger partial charge in [0.25, 0.3) is 5.91 Å². The fraction of sp³-hybridized carbons (Fsp3) is 0.136. The van der Waals surface area contributed by atoms with Gasteiger partial charge in [0.15, 0.2) is 5.82 Å². The molecule has 2 aromatic heterocycles. The molecule has 1 aliphatic rings. The molecule has 0 fully saturated rings. The Morgan fingerprint density at radius 2 is 2.00 bits per heavy atom. The molecule has 2 N–H and O–H groups in total. The van der Waals surface area contributed by atoms with Crippen molar-refractivity contribution < 1.29 is 9.59 Å². The summed E-state index contributed by atoms with van der Waals surface area (Å²) in [5.41, 5.74) is 1.44. The monoisotopic (exact) mass is 402 g/mol. The molecule has 4 aromatic rings. The van der Waals surface area contributed by atoms with E-state index in [0.717, 1.165) is 21.2 Å². The maximum absolute atomic E-state index is 13.1. The van der Waals surface area contributed by atoms with E-state index < -0.39 is 0 Å². The number of aromatic nitrogens is 2. The first-order chi connectivity index (χ1) is 14.1. The van der Waals surface area contributed by atoms with Crippen LogP contribution >= 0.6 is 11.3 Å². The molecule has 0 bridgehead atoms. The standard InChI is InChI=1S/C22H18N4O2S/c1-26-21-19(16(12-18(27)23-21)17-10-5-11-29-17)20(25-26)24-22(28)15-9-4-7-13-6-2-3-8-14(13)15/h2-11,16H,12H2,1H3,(H,23,27)(H,24,25,28)/t16-/m0/s1. The second-order valence-electron chi connectivity index (χ2n) is 7.04. The van der Waals surface area contributed by atoms with Gasteiger partial charge in [-0.15, -0.1) is 11.3 Å². The van der Waals surface area contributed by atoms with E-state index >= 15 is 0 Å². The highest BCUT2D eigenvalue weighted by Gasteiger charge is 2.34. The molecule has 0 aliphatic carbocycles. The van der Waals surface area contributed by atoms with Crippen LogP contribution in [0.3, 0.4) is 0 Å². The summed E-state index contributed by atoms with van der Waals surface area (Å²) in [4.78, 5) is 26.5. The Hall–Kier alpha value is -3.45. The molecule has 0 spiro atoms. The highest BCUT2D eigenvalue weighted by Crippen LogP contribution is 2.42. The molecule has 0 unspecified atom stereocenters. The van der Waals surface area contributed by atoms with Gasteiger partial charge in [0.2, 0.25) is 5.91 Å². The van der Waals surface area contributed by atoms with Crippen LogP contribution in [0.4, 0.5) is 11.6 Å². The van der Waals surface area contributed by atoms with E-state index in [1.807, 2.05) is 60.0 Å². The van der Waals surface area contributed by atoms with E-state index in [2.05, 4.69) is 15.7 Å². The van der Waals surface area contributed by atoms with Crippen molar-refractivity contribution in [3.05, 3.63) is 76.0 Å². The van der Waals surface area contributed by atoms with Crippen molar-refractivity contribution in [1.29, 1.82) is 0 Å². The highest BCUT2D eigenvalue weighted by atomic mass is 32.1. The van der Waals surface area contributed by atoms with Crippen molar-refractivity contribution in [1.82, 2.24) is 9.78 Å². The molecule has 5 rings (SSSR count). The van der Waals surface area contributed by atoms with Crippen molar-refractivity contribution in [2.24, 2.45) is 7.05 Å². The number of carbonyl (C=O) groups excluding carboxylic acids is 2. The SMILES string of the molecule is Cn1nc(NC(=O)c2cccc3ccccc23)c2c1NC(=O)C[C@H]2c1cccs1. The molecule has 29 heavy (non-hydrogen) atoms. The van der Waals surface area contributed by atoms with E-state index in [0.29, 0.717) is 23.6 Å². The van der Waals surface area contributed by atoms with E-state index in [4.69, 9.17) is 0 Å². The lowest BCUT2D eigenvalue weighted by molar-refractivity contribution is -0.116. The summed E-state index contributed by atoms with van der Waals surface area (Å²) in [7, 11) is 1.77. The number of anilines is 2. The van der Waals surface area contributed by atoms with Crippen LogP contribution in [0.25, 0.3) is 10.8 Å². The topological polar surface area (TPSA) is 76.0 Å². The molecule has 2 amide bonds. The number of thiophene rings is 1. The molecule has 6 nitrogen and oxygen atoms in total. The number of amides is 2. The Bertz CT molecular complexity index is 1240. The highest BCUT2D eigenvalue weighted by molar-refractivity contribution is 7.10. The van der Waals surface area contributed by atoms with E-state index in [9.17, 15) is 9.59 Å². The summed E-state index contributed by atoms with van der Waals surface area (Å²) in [6.45, 7) is 0.